The van der Waals surface area contributed by atoms with E-state index in [1.807, 2.05) is 18.2 Å². The van der Waals surface area contributed by atoms with Gasteiger partial charge in [0.05, 0.1) is 0 Å². The average molecular weight is 345 g/mol. The molecule has 2 aromatic carbocycles. The van der Waals surface area contributed by atoms with E-state index in [4.69, 9.17) is 0 Å². The Labute approximate surface area is 131 Å². The normalized spacial score (nSPS) is 10.5. The molecule has 106 valence electrons. The van der Waals surface area contributed by atoms with Gasteiger partial charge in [0.15, 0.2) is 5.78 Å². The van der Waals surface area contributed by atoms with Gasteiger partial charge >= 0.3 is 0 Å². The van der Waals surface area contributed by atoms with Crippen LogP contribution in [0.1, 0.15) is 27.1 Å². The standard InChI is InChI=1S/C16H13BrN2O2/c17-14-8-6-12(7-9-14)15(20)10-11-18-19-16(21)13-4-2-1-3-5-13/h1-9,11H,10H2,(H,19,21)/b18-11+. The topological polar surface area (TPSA) is 58.5 Å². The summed E-state index contributed by atoms with van der Waals surface area (Å²) >= 11 is 3.31. The molecule has 0 aliphatic heterocycles. The van der Waals surface area contributed by atoms with Crippen LogP contribution >= 0.6 is 15.9 Å². The van der Waals surface area contributed by atoms with E-state index in [0.29, 0.717) is 11.1 Å². The Morgan fingerprint density at radius 3 is 2.33 bits per heavy atom. The molecule has 4 nitrogen and oxygen atoms in total. The van der Waals surface area contributed by atoms with Crippen LogP contribution in [0.4, 0.5) is 0 Å². The van der Waals surface area contributed by atoms with E-state index in [2.05, 4.69) is 26.5 Å². The molecule has 0 aromatic heterocycles. The van der Waals surface area contributed by atoms with Gasteiger partial charge in [-0.15, -0.1) is 0 Å². The summed E-state index contributed by atoms with van der Waals surface area (Å²) in [6.45, 7) is 0. The van der Waals surface area contributed by atoms with E-state index in [0.717, 1.165) is 4.47 Å². The Morgan fingerprint density at radius 1 is 1.00 bits per heavy atom. The lowest BCUT2D eigenvalue weighted by molar-refractivity contribution is 0.0951. The molecule has 0 aliphatic carbocycles. The van der Waals surface area contributed by atoms with Crippen molar-refractivity contribution in [3.63, 3.8) is 0 Å². The van der Waals surface area contributed by atoms with E-state index in [1.165, 1.54) is 6.21 Å². The summed E-state index contributed by atoms with van der Waals surface area (Å²) < 4.78 is 0.919. The summed E-state index contributed by atoms with van der Waals surface area (Å²) in [5.74, 6) is -0.358. The molecule has 2 rings (SSSR count). The van der Waals surface area contributed by atoms with E-state index >= 15 is 0 Å². The molecule has 5 heteroatoms. The summed E-state index contributed by atoms with van der Waals surface area (Å²) in [5.41, 5.74) is 3.52. The van der Waals surface area contributed by atoms with Gasteiger partial charge in [0.2, 0.25) is 0 Å². The minimum Gasteiger partial charge on any atom is -0.294 e. The number of ketones is 1. The van der Waals surface area contributed by atoms with E-state index in [9.17, 15) is 9.59 Å². The molecule has 0 spiro atoms. The molecule has 0 saturated heterocycles. The first kappa shape index (κ1) is 15.1. The zero-order valence-electron chi connectivity index (χ0n) is 11.1. The summed E-state index contributed by atoms with van der Waals surface area (Å²) in [7, 11) is 0. The number of nitrogens with zero attached hydrogens (tertiary/aromatic N) is 1. The van der Waals surface area contributed by atoms with Gasteiger partial charge in [-0.05, 0) is 24.3 Å². The van der Waals surface area contributed by atoms with Gasteiger partial charge in [-0.2, -0.15) is 5.10 Å². The highest BCUT2D eigenvalue weighted by Gasteiger charge is 2.04. The number of rotatable bonds is 5. The summed E-state index contributed by atoms with van der Waals surface area (Å²) in [6.07, 6.45) is 1.53. The fourth-order valence-corrected chi connectivity index (χ4v) is 1.90. The number of amides is 1. The molecule has 0 saturated carbocycles. The molecule has 0 fully saturated rings. The zero-order chi connectivity index (χ0) is 15.1. The fourth-order valence-electron chi connectivity index (χ4n) is 1.64. The van der Waals surface area contributed by atoms with Crippen LogP contribution in [0, 0.1) is 0 Å². The minimum atomic E-state index is -0.303. The fraction of sp³-hybridized carbons (Fsp3) is 0.0625. The Morgan fingerprint density at radius 2 is 1.67 bits per heavy atom. The van der Waals surface area contributed by atoms with Crippen molar-refractivity contribution < 1.29 is 9.59 Å². The second kappa shape index (κ2) is 7.50. The molecule has 21 heavy (non-hydrogen) atoms. The average Bonchev–Trinajstić information content (AvgIpc) is 2.52. The lowest BCUT2D eigenvalue weighted by Crippen LogP contribution is -2.17. The molecule has 0 unspecified atom stereocenters. The molecular weight excluding hydrogens is 332 g/mol. The van der Waals surface area contributed by atoms with E-state index in [1.54, 1.807) is 36.4 Å². The summed E-state index contributed by atoms with van der Waals surface area (Å²) in [6, 6.07) is 15.9. The molecule has 1 N–H and O–H groups in total. The first-order valence-corrected chi connectivity index (χ1v) is 7.12. The zero-order valence-corrected chi connectivity index (χ0v) is 12.7. The number of hydrazone groups is 1. The number of hydrogen-bond acceptors (Lipinski definition) is 3. The second-order valence-electron chi connectivity index (χ2n) is 4.25. The van der Waals surface area contributed by atoms with Crippen molar-refractivity contribution in [3.8, 4) is 0 Å². The highest BCUT2D eigenvalue weighted by atomic mass is 79.9. The lowest BCUT2D eigenvalue weighted by atomic mass is 10.1. The minimum absolute atomic E-state index is 0.0554. The molecule has 1 amide bonds. The molecule has 0 aliphatic rings. The number of hydrogen-bond donors (Lipinski definition) is 1. The number of benzene rings is 2. The van der Waals surface area contributed by atoms with Crippen LogP contribution in [0.2, 0.25) is 0 Å². The smallest absolute Gasteiger partial charge is 0.271 e. The highest BCUT2D eigenvalue weighted by Crippen LogP contribution is 2.11. The Bertz CT molecular complexity index is 652. The van der Waals surface area contributed by atoms with Gasteiger partial charge in [-0.3, -0.25) is 9.59 Å². The van der Waals surface area contributed by atoms with Crippen LogP contribution in [0.3, 0.4) is 0 Å². The third-order valence-corrected chi connectivity index (χ3v) is 3.26. The van der Waals surface area contributed by atoms with Crippen LogP contribution in [0.25, 0.3) is 0 Å². The maximum absolute atomic E-state index is 11.9. The van der Waals surface area contributed by atoms with Crippen LogP contribution in [-0.2, 0) is 0 Å². The predicted molar refractivity (Wildman–Crippen MR) is 85.5 cm³/mol. The van der Waals surface area contributed by atoms with Crippen molar-refractivity contribution in [3.05, 3.63) is 70.2 Å². The maximum atomic E-state index is 11.9. The largest absolute Gasteiger partial charge is 0.294 e. The van der Waals surface area contributed by atoms with Crippen LogP contribution in [0.5, 0.6) is 0 Å². The van der Waals surface area contributed by atoms with Gasteiger partial charge in [0.25, 0.3) is 5.91 Å². The number of halogens is 1. The molecule has 2 aromatic rings. The van der Waals surface area contributed by atoms with E-state index in [-0.39, 0.29) is 18.1 Å². The Hall–Kier alpha value is -2.27. The van der Waals surface area contributed by atoms with E-state index < -0.39 is 0 Å². The Balaban J connectivity index is 1.84. The quantitative estimate of drug-likeness (QED) is 0.513. The van der Waals surface area contributed by atoms with Gasteiger partial charge in [0, 0.05) is 28.2 Å². The Kier molecular flexibility index (Phi) is 5.40. The number of carbonyl (C=O) groups excluding carboxylic acids is 2. The molecule has 0 heterocycles. The predicted octanol–water partition coefficient (Wildman–Crippen LogP) is 3.44. The highest BCUT2D eigenvalue weighted by molar-refractivity contribution is 9.10. The molecular formula is C16H13BrN2O2. The van der Waals surface area contributed by atoms with Crippen LogP contribution < -0.4 is 5.43 Å². The van der Waals surface area contributed by atoms with Crippen LogP contribution in [0.15, 0.2) is 64.2 Å². The van der Waals surface area contributed by atoms with Crippen molar-refractivity contribution in [2.45, 2.75) is 6.42 Å². The lowest BCUT2D eigenvalue weighted by Gasteiger charge is -1.99. The maximum Gasteiger partial charge on any atom is 0.271 e. The summed E-state index contributed by atoms with van der Waals surface area (Å²) in [5, 5.41) is 3.78. The number of Topliss-reactive ketones (excluding diaryl/α,β-unsaturated/α-hetero) is 1. The molecule has 0 radical (unpaired) electrons. The third-order valence-electron chi connectivity index (χ3n) is 2.74. The molecule has 0 bridgehead atoms. The van der Waals surface area contributed by atoms with Crippen LogP contribution in [-0.4, -0.2) is 17.9 Å². The number of nitrogens with one attached hydrogen (secondary N) is 1. The summed E-state index contributed by atoms with van der Waals surface area (Å²) in [4.78, 5) is 23.5. The first-order chi connectivity index (χ1) is 10.2. The van der Waals surface area contributed by atoms with Crippen molar-refractivity contribution in [1.82, 2.24) is 5.43 Å². The monoisotopic (exact) mass is 344 g/mol. The van der Waals surface area contributed by atoms with Gasteiger partial charge in [-0.1, -0.05) is 46.3 Å². The van der Waals surface area contributed by atoms with Crippen molar-refractivity contribution >= 4 is 33.8 Å². The van der Waals surface area contributed by atoms with Crippen molar-refractivity contribution in [2.24, 2.45) is 5.10 Å². The van der Waals surface area contributed by atoms with Gasteiger partial charge < -0.3 is 0 Å². The number of carbonyl (C=O) groups is 2. The van der Waals surface area contributed by atoms with Crippen molar-refractivity contribution in [2.75, 3.05) is 0 Å². The van der Waals surface area contributed by atoms with Gasteiger partial charge in [0.1, 0.15) is 0 Å². The SMILES string of the molecule is O=C(C/C=N/NC(=O)c1ccccc1)c1ccc(Br)cc1. The molecule has 0 atom stereocenters. The second-order valence-corrected chi connectivity index (χ2v) is 5.17. The first-order valence-electron chi connectivity index (χ1n) is 6.32. The van der Waals surface area contributed by atoms with Crippen molar-refractivity contribution in [1.29, 1.82) is 0 Å². The third kappa shape index (κ3) is 4.65. The van der Waals surface area contributed by atoms with Gasteiger partial charge in [-0.25, -0.2) is 5.43 Å².